The van der Waals surface area contributed by atoms with Crippen LogP contribution in [-0.4, -0.2) is 32.6 Å². The Labute approximate surface area is 167 Å². The van der Waals surface area contributed by atoms with Crippen LogP contribution in [-0.2, 0) is 11.0 Å². The number of nitrogens with zero attached hydrogens (tertiary/aromatic N) is 1. The number of para-hydroxylation sites is 1. The second-order valence-electron chi connectivity index (χ2n) is 6.75. The highest BCUT2D eigenvalue weighted by Gasteiger charge is 2.31. The lowest BCUT2D eigenvalue weighted by atomic mass is 10.1. The molecule has 0 aromatic heterocycles. The minimum absolute atomic E-state index is 0.0162. The number of carbonyl (C=O) groups excluding carboxylic acids is 2. The second-order valence-corrected chi connectivity index (χ2v) is 6.75. The zero-order valence-corrected chi connectivity index (χ0v) is 16.6. The van der Waals surface area contributed by atoms with Gasteiger partial charge in [0.25, 0.3) is 0 Å². The molecular formula is C20H23F3N4O2. The molecule has 0 bridgehead atoms. The molecule has 156 valence electrons. The van der Waals surface area contributed by atoms with E-state index < -0.39 is 23.7 Å². The smallest absolute Gasteiger partial charge is 0.376 e. The van der Waals surface area contributed by atoms with E-state index in [1.54, 1.807) is 19.0 Å². The molecule has 0 spiro atoms. The summed E-state index contributed by atoms with van der Waals surface area (Å²) in [7, 11) is 3.29. The molecule has 0 saturated heterocycles. The number of amides is 3. The average molecular weight is 408 g/mol. The first-order valence-corrected chi connectivity index (χ1v) is 8.78. The van der Waals surface area contributed by atoms with Crippen molar-refractivity contribution in [1.82, 2.24) is 5.32 Å². The Morgan fingerprint density at radius 3 is 2.17 bits per heavy atom. The molecule has 29 heavy (non-hydrogen) atoms. The van der Waals surface area contributed by atoms with Crippen LogP contribution in [0.1, 0.15) is 16.7 Å². The summed E-state index contributed by atoms with van der Waals surface area (Å²) in [5.41, 5.74) is 1.91. The Kier molecular flexibility index (Phi) is 6.73. The summed E-state index contributed by atoms with van der Waals surface area (Å²) >= 11 is 0. The van der Waals surface area contributed by atoms with Crippen LogP contribution in [0.3, 0.4) is 0 Å². The quantitative estimate of drug-likeness (QED) is 0.696. The van der Waals surface area contributed by atoms with Crippen molar-refractivity contribution in [1.29, 1.82) is 0 Å². The lowest BCUT2D eigenvalue weighted by molar-refractivity contribution is -0.137. The van der Waals surface area contributed by atoms with Crippen molar-refractivity contribution in [2.75, 3.05) is 36.2 Å². The lowest BCUT2D eigenvalue weighted by Crippen LogP contribution is -2.36. The van der Waals surface area contributed by atoms with E-state index in [9.17, 15) is 22.8 Å². The Hall–Kier alpha value is -3.23. The Morgan fingerprint density at radius 2 is 1.62 bits per heavy atom. The number of aryl methyl sites for hydroxylation is 2. The zero-order chi connectivity index (χ0) is 21.8. The van der Waals surface area contributed by atoms with Crippen LogP contribution in [0.4, 0.5) is 35.0 Å². The van der Waals surface area contributed by atoms with Gasteiger partial charge in [0.05, 0.1) is 23.5 Å². The molecule has 0 aliphatic rings. The largest absolute Gasteiger partial charge is 0.416 e. The summed E-state index contributed by atoms with van der Waals surface area (Å²) in [6.45, 7) is 3.36. The van der Waals surface area contributed by atoms with Gasteiger partial charge in [0.1, 0.15) is 0 Å². The number of rotatable bonds is 5. The Bertz CT molecular complexity index is 891. The van der Waals surface area contributed by atoms with Crippen molar-refractivity contribution in [3.63, 3.8) is 0 Å². The first-order valence-electron chi connectivity index (χ1n) is 8.78. The highest BCUT2D eigenvalue weighted by atomic mass is 19.4. The molecule has 2 rings (SSSR count). The normalized spacial score (nSPS) is 11.0. The number of urea groups is 1. The standard InChI is InChI=1S/C20H23F3N4O2/c1-12-6-5-7-13(2)18(12)26-17(28)11-24-19(29)25-15-10-14(20(21,22)23)8-9-16(15)27(3)4/h5-10H,11H2,1-4H3,(H,26,28)(H2,24,25,29). The van der Waals surface area contributed by atoms with Crippen LogP contribution < -0.4 is 20.9 Å². The van der Waals surface area contributed by atoms with Crippen molar-refractivity contribution in [3.05, 3.63) is 53.1 Å². The molecule has 6 nitrogen and oxygen atoms in total. The van der Waals surface area contributed by atoms with Crippen molar-refractivity contribution < 1.29 is 22.8 Å². The van der Waals surface area contributed by atoms with E-state index in [-0.39, 0.29) is 12.2 Å². The molecule has 2 aromatic rings. The maximum Gasteiger partial charge on any atom is 0.416 e. The molecule has 0 aliphatic heterocycles. The third kappa shape index (κ3) is 5.87. The summed E-state index contributed by atoms with van der Waals surface area (Å²) in [5, 5.41) is 7.45. The van der Waals surface area contributed by atoms with E-state index >= 15 is 0 Å². The molecule has 0 radical (unpaired) electrons. The highest BCUT2D eigenvalue weighted by molar-refractivity contribution is 5.99. The first kappa shape index (κ1) is 22.1. The van der Waals surface area contributed by atoms with E-state index in [0.29, 0.717) is 11.4 Å². The van der Waals surface area contributed by atoms with Gasteiger partial charge in [-0.1, -0.05) is 18.2 Å². The number of halogens is 3. The number of anilines is 3. The topological polar surface area (TPSA) is 73.5 Å². The van der Waals surface area contributed by atoms with Crippen molar-refractivity contribution in [2.45, 2.75) is 20.0 Å². The van der Waals surface area contributed by atoms with Crippen LogP contribution in [0.2, 0.25) is 0 Å². The lowest BCUT2D eigenvalue weighted by Gasteiger charge is -2.20. The van der Waals surface area contributed by atoms with Gasteiger partial charge in [0.2, 0.25) is 5.91 Å². The Balaban J connectivity index is 2.04. The van der Waals surface area contributed by atoms with E-state index in [1.807, 2.05) is 32.0 Å². The van der Waals surface area contributed by atoms with E-state index in [1.165, 1.54) is 6.07 Å². The fourth-order valence-electron chi connectivity index (χ4n) is 2.72. The first-order chi connectivity index (χ1) is 13.5. The number of nitrogens with one attached hydrogen (secondary N) is 3. The van der Waals surface area contributed by atoms with Gasteiger partial charge in [0, 0.05) is 19.8 Å². The van der Waals surface area contributed by atoms with Crippen molar-refractivity contribution in [2.24, 2.45) is 0 Å². The minimum Gasteiger partial charge on any atom is -0.376 e. The fraction of sp³-hybridized carbons (Fsp3) is 0.300. The number of hydrogen-bond donors (Lipinski definition) is 3. The van der Waals surface area contributed by atoms with Crippen molar-refractivity contribution >= 4 is 29.0 Å². The molecular weight excluding hydrogens is 385 g/mol. The van der Waals surface area contributed by atoms with Gasteiger partial charge in [0.15, 0.2) is 0 Å². The average Bonchev–Trinajstić information content (AvgIpc) is 2.62. The molecule has 3 amide bonds. The van der Waals surface area contributed by atoms with Crippen molar-refractivity contribution in [3.8, 4) is 0 Å². The van der Waals surface area contributed by atoms with E-state index in [2.05, 4.69) is 16.0 Å². The van der Waals surface area contributed by atoms with E-state index in [4.69, 9.17) is 0 Å². The number of benzene rings is 2. The van der Waals surface area contributed by atoms with Crippen LogP contribution in [0.15, 0.2) is 36.4 Å². The van der Waals surface area contributed by atoms with Gasteiger partial charge in [-0.2, -0.15) is 13.2 Å². The van der Waals surface area contributed by atoms with Crippen LogP contribution in [0.25, 0.3) is 0 Å². The number of alkyl halides is 3. The van der Waals surface area contributed by atoms with Gasteiger partial charge >= 0.3 is 12.2 Å². The summed E-state index contributed by atoms with van der Waals surface area (Å²) < 4.78 is 38.9. The van der Waals surface area contributed by atoms with Crippen LogP contribution in [0.5, 0.6) is 0 Å². The maximum absolute atomic E-state index is 13.0. The van der Waals surface area contributed by atoms with E-state index in [0.717, 1.165) is 23.3 Å². The summed E-state index contributed by atoms with van der Waals surface area (Å²) in [6, 6.07) is 7.83. The van der Waals surface area contributed by atoms with Crippen LogP contribution >= 0.6 is 0 Å². The summed E-state index contributed by atoms with van der Waals surface area (Å²) in [6.07, 6.45) is -4.54. The molecule has 2 aromatic carbocycles. The SMILES string of the molecule is Cc1cccc(C)c1NC(=O)CNC(=O)Nc1cc(C(F)(F)F)ccc1N(C)C. The molecule has 0 aliphatic carbocycles. The maximum atomic E-state index is 13.0. The van der Waals surface area contributed by atoms with Gasteiger partial charge < -0.3 is 20.9 Å². The van der Waals surface area contributed by atoms with Gasteiger partial charge in [-0.25, -0.2) is 4.79 Å². The molecule has 0 unspecified atom stereocenters. The molecule has 0 heterocycles. The summed E-state index contributed by atoms with van der Waals surface area (Å²) in [5.74, 6) is -0.450. The number of hydrogen-bond acceptors (Lipinski definition) is 3. The molecule has 0 saturated carbocycles. The predicted molar refractivity (Wildman–Crippen MR) is 107 cm³/mol. The van der Waals surface area contributed by atoms with Crippen LogP contribution in [0, 0.1) is 13.8 Å². The molecule has 3 N–H and O–H groups in total. The minimum atomic E-state index is -4.54. The number of carbonyl (C=O) groups is 2. The predicted octanol–water partition coefficient (Wildman–Crippen LogP) is 4.15. The molecule has 0 fully saturated rings. The monoisotopic (exact) mass is 408 g/mol. The van der Waals surface area contributed by atoms with Gasteiger partial charge in [-0.3, -0.25) is 4.79 Å². The molecule has 0 atom stereocenters. The van der Waals surface area contributed by atoms with Gasteiger partial charge in [-0.05, 0) is 43.2 Å². The zero-order valence-electron chi connectivity index (χ0n) is 16.6. The molecule has 9 heteroatoms. The third-order valence-corrected chi connectivity index (χ3v) is 4.21. The summed E-state index contributed by atoms with van der Waals surface area (Å²) in [4.78, 5) is 25.8. The van der Waals surface area contributed by atoms with Gasteiger partial charge in [-0.15, -0.1) is 0 Å². The third-order valence-electron chi connectivity index (χ3n) is 4.21. The fourth-order valence-corrected chi connectivity index (χ4v) is 2.72. The highest BCUT2D eigenvalue weighted by Crippen LogP contribution is 2.34. The second kappa shape index (κ2) is 8.85. The Morgan fingerprint density at radius 1 is 1.00 bits per heavy atom.